The highest BCUT2D eigenvalue weighted by molar-refractivity contribution is 5.78. The first kappa shape index (κ1) is 10.9. The summed E-state index contributed by atoms with van der Waals surface area (Å²) in [6.07, 6.45) is 0. The second-order valence-electron chi connectivity index (χ2n) is 3.54. The molecular weight excluding hydrogens is 207 g/mol. The lowest BCUT2D eigenvalue weighted by molar-refractivity contribution is 0.629. The van der Waals surface area contributed by atoms with Crippen LogP contribution in [0.5, 0.6) is 0 Å². The van der Waals surface area contributed by atoms with Crippen molar-refractivity contribution in [1.29, 1.82) is 0 Å². The van der Waals surface area contributed by atoms with Crippen LogP contribution in [0.15, 0.2) is 18.2 Å². The minimum Gasteiger partial charge on any atom is -0.356 e. The molecule has 2 rings (SSSR count). The fourth-order valence-electron chi connectivity index (χ4n) is 1.75. The molecule has 0 amide bonds. The lowest BCUT2D eigenvalue weighted by Gasteiger charge is -2.07. The highest BCUT2D eigenvalue weighted by Crippen LogP contribution is 2.20. The summed E-state index contributed by atoms with van der Waals surface area (Å²) in [5, 5.41) is 3.14. The minimum absolute atomic E-state index is 0.270. The van der Waals surface area contributed by atoms with Crippen LogP contribution in [0.3, 0.4) is 0 Å². The number of imidazole rings is 1. The molecule has 2 aromatic rings. The second kappa shape index (κ2) is 4.49. The molecule has 1 aromatic carbocycles. The van der Waals surface area contributed by atoms with E-state index in [0.29, 0.717) is 18.6 Å². The lowest BCUT2D eigenvalue weighted by Crippen LogP contribution is -2.13. The summed E-state index contributed by atoms with van der Waals surface area (Å²) in [6.45, 7) is 3.97. The van der Waals surface area contributed by atoms with E-state index in [1.807, 2.05) is 11.5 Å². The third-order valence-electron chi connectivity index (χ3n) is 2.40. The first-order valence-electron chi connectivity index (χ1n) is 5.36. The van der Waals surface area contributed by atoms with Gasteiger partial charge in [0, 0.05) is 25.7 Å². The number of benzene rings is 1. The summed E-state index contributed by atoms with van der Waals surface area (Å²) in [7, 11) is 0. The van der Waals surface area contributed by atoms with E-state index in [9.17, 15) is 4.39 Å². The van der Waals surface area contributed by atoms with Gasteiger partial charge in [-0.25, -0.2) is 9.37 Å². The van der Waals surface area contributed by atoms with E-state index in [1.165, 1.54) is 12.1 Å². The van der Waals surface area contributed by atoms with Gasteiger partial charge in [0.25, 0.3) is 0 Å². The van der Waals surface area contributed by atoms with Gasteiger partial charge in [-0.2, -0.15) is 0 Å². The Kier molecular flexibility index (Phi) is 3.05. The van der Waals surface area contributed by atoms with Crippen LogP contribution in [0, 0.1) is 5.82 Å². The number of aromatic nitrogens is 2. The Morgan fingerprint density at radius 3 is 3.00 bits per heavy atom. The number of fused-ring (bicyclic) bond motifs is 1. The zero-order valence-electron chi connectivity index (χ0n) is 9.20. The molecule has 5 heteroatoms. The molecule has 1 aromatic heterocycles. The van der Waals surface area contributed by atoms with E-state index >= 15 is 0 Å². The van der Waals surface area contributed by atoms with Crippen LogP contribution in [-0.4, -0.2) is 22.6 Å². The van der Waals surface area contributed by atoms with Crippen LogP contribution in [-0.2, 0) is 6.54 Å². The quantitative estimate of drug-likeness (QED) is 0.825. The molecule has 0 fully saturated rings. The standard InChI is InChI=1S/C11H15FN4/c1-2-14-11-15-9-7-8(12)3-4-10(9)16(11)6-5-13/h3-4,7H,2,5-6,13H2,1H3,(H,14,15). The van der Waals surface area contributed by atoms with Gasteiger partial charge in [0.2, 0.25) is 5.95 Å². The normalized spacial score (nSPS) is 10.9. The first-order chi connectivity index (χ1) is 7.76. The number of rotatable bonds is 4. The topological polar surface area (TPSA) is 55.9 Å². The van der Waals surface area contributed by atoms with Crippen molar-refractivity contribution in [2.45, 2.75) is 13.5 Å². The number of nitrogens with one attached hydrogen (secondary N) is 1. The molecule has 3 N–H and O–H groups in total. The number of hydrogen-bond donors (Lipinski definition) is 2. The maximum Gasteiger partial charge on any atom is 0.203 e. The summed E-state index contributed by atoms with van der Waals surface area (Å²) < 4.78 is 15.0. The van der Waals surface area contributed by atoms with Crippen molar-refractivity contribution in [2.75, 3.05) is 18.4 Å². The fraction of sp³-hybridized carbons (Fsp3) is 0.364. The molecule has 0 saturated heterocycles. The Hall–Kier alpha value is -1.62. The molecule has 0 unspecified atom stereocenters. The highest BCUT2D eigenvalue weighted by Gasteiger charge is 2.09. The largest absolute Gasteiger partial charge is 0.356 e. The summed E-state index contributed by atoms with van der Waals surface area (Å²) in [6, 6.07) is 4.60. The highest BCUT2D eigenvalue weighted by atomic mass is 19.1. The van der Waals surface area contributed by atoms with E-state index in [4.69, 9.17) is 5.73 Å². The van der Waals surface area contributed by atoms with Crippen LogP contribution >= 0.6 is 0 Å². The Morgan fingerprint density at radius 2 is 2.31 bits per heavy atom. The average Bonchev–Trinajstić information content (AvgIpc) is 2.57. The van der Waals surface area contributed by atoms with Crippen LogP contribution in [0.4, 0.5) is 10.3 Å². The maximum atomic E-state index is 13.1. The van der Waals surface area contributed by atoms with Crippen molar-refractivity contribution >= 4 is 17.0 Å². The third-order valence-corrected chi connectivity index (χ3v) is 2.40. The molecule has 0 bridgehead atoms. The van der Waals surface area contributed by atoms with E-state index in [-0.39, 0.29) is 5.82 Å². The fourth-order valence-corrected chi connectivity index (χ4v) is 1.75. The number of hydrogen-bond acceptors (Lipinski definition) is 3. The van der Waals surface area contributed by atoms with Gasteiger partial charge in [-0.3, -0.25) is 0 Å². The summed E-state index contributed by atoms with van der Waals surface area (Å²) in [5.74, 6) is 0.474. The molecule has 0 radical (unpaired) electrons. The van der Waals surface area contributed by atoms with Crippen molar-refractivity contribution < 1.29 is 4.39 Å². The van der Waals surface area contributed by atoms with Crippen LogP contribution < -0.4 is 11.1 Å². The maximum absolute atomic E-state index is 13.1. The van der Waals surface area contributed by atoms with Gasteiger partial charge in [-0.15, -0.1) is 0 Å². The van der Waals surface area contributed by atoms with Gasteiger partial charge in [-0.05, 0) is 19.1 Å². The minimum atomic E-state index is -0.270. The van der Waals surface area contributed by atoms with Crippen molar-refractivity contribution in [1.82, 2.24) is 9.55 Å². The predicted octanol–water partition coefficient (Wildman–Crippen LogP) is 1.57. The zero-order valence-corrected chi connectivity index (χ0v) is 9.20. The summed E-state index contributed by atoms with van der Waals surface area (Å²) in [5.41, 5.74) is 7.12. The number of halogens is 1. The van der Waals surface area contributed by atoms with Gasteiger partial charge in [-0.1, -0.05) is 0 Å². The number of nitrogens with zero attached hydrogens (tertiary/aromatic N) is 2. The SMILES string of the molecule is CCNc1nc2cc(F)ccc2n1CCN. The van der Waals surface area contributed by atoms with Gasteiger partial charge in [0.05, 0.1) is 11.0 Å². The lowest BCUT2D eigenvalue weighted by atomic mass is 10.3. The molecule has 86 valence electrons. The molecule has 0 saturated carbocycles. The summed E-state index contributed by atoms with van der Waals surface area (Å²) in [4.78, 5) is 4.34. The average molecular weight is 222 g/mol. The van der Waals surface area contributed by atoms with E-state index < -0.39 is 0 Å². The van der Waals surface area contributed by atoms with E-state index in [0.717, 1.165) is 18.0 Å². The van der Waals surface area contributed by atoms with Crippen LogP contribution in [0.25, 0.3) is 11.0 Å². The smallest absolute Gasteiger partial charge is 0.203 e. The monoisotopic (exact) mass is 222 g/mol. The van der Waals surface area contributed by atoms with Crippen molar-refractivity contribution in [3.8, 4) is 0 Å². The molecule has 0 atom stereocenters. The molecule has 0 aliphatic carbocycles. The molecule has 0 aliphatic heterocycles. The first-order valence-corrected chi connectivity index (χ1v) is 5.36. The molecule has 1 heterocycles. The Balaban J connectivity index is 2.56. The summed E-state index contributed by atoms with van der Waals surface area (Å²) >= 11 is 0. The van der Waals surface area contributed by atoms with Crippen LogP contribution in [0.2, 0.25) is 0 Å². The molecule has 4 nitrogen and oxygen atoms in total. The van der Waals surface area contributed by atoms with Gasteiger partial charge >= 0.3 is 0 Å². The van der Waals surface area contributed by atoms with Crippen LogP contribution in [0.1, 0.15) is 6.92 Å². The third kappa shape index (κ3) is 1.86. The van der Waals surface area contributed by atoms with E-state index in [1.54, 1.807) is 6.07 Å². The van der Waals surface area contributed by atoms with Crippen molar-refractivity contribution in [2.24, 2.45) is 5.73 Å². The molecule has 0 aliphatic rings. The molecule has 16 heavy (non-hydrogen) atoms. The van der Waals surface area contributed by atoms with Crippen molar-refractivity contribution in [3.63, 3.8) is 0 Å². The molecule has 0 spiro atoms. The Bertz CT molecular complexity index is 492. The van der Waals surface area contributed by atoms with Gasteiger partial charge < -0.3 is 15.6 Å². The van der Waals surface area contributed by atoms with E-state index in [2.05, 4.69) is 10.3 Å². The Morgan fingerprint density at radius 1 is 1.50 bits per heavy atom. The number of anilines is 1. The predicted molar refractivity (Wildman–Crippen MR) is 62.9 cm³/mol. The second-order valence-corrected chi connectivity index (χ2v) is 3.54. The zero-order chi connectivity index (χ0) is 11.5. The van der Waals surface area contributed by atoms with Gasteiger partial charge in [0.1, 0.15) is 5.82 Å². The molecular formula is C11H15FN4. The Labute approximate surface area is 93.3 Å². The van der Waals surface area contributed by atoms with Crippen molar-refractivity contribution in [3.05, 3.63) is 24.0 Å². The number of nitrogens with two attached hydrogens (primary N) is 1. The van der Waals surface area contributed by atoms with Gasteiger partial charge in [0.15, 0.2) is 0 Å².